The second kappa shape index (κ2) is 4.15. The van der Waals surface area contributed by atoms with E-state index in [1.807, 2.05) is 0 Å². The second-order valence-electron chi connectivity index (χ2n) is 4.14. The van der Waals surface area contributed by atoms with Crippen molar-refractivity contribution >= 4 is 17.0 Å². The fourth-order valence-corrected chi connectivity index (χ4v) is 1.97. The number of anilines is 1. The molecule has 1 aromatic carbocycles. The van der Waals surface area contributed by atoms with Gasteiger partial charge >= 0.3 is 6.18 Å². The first-order valence-corrected chi connectivity index (χ1v) is 5.27. The summed E-state index contributed by atoms with van der Waals surface area (Å²) in [6, 6.07) is 2.77. The lowest BCUT2D eigenvalue weighted by molar-refractivity contribution is -0.141. The number of imidazole rings is 1. The Morgan fingerprint density at radius 3 is 2.67 bits per heavy atom. The zero-order valence-electron chi connectivity index (χ0n) is 9.50. The minimum atomic E-state index is -4.31. The third-order valence-corrected chi connectivity index (χ3v) is 2.65. The Balaban J connectivity index is 2.49. The standard InChI is InChI=1S/C11H11F4N3/c1-6(5-11(13,14)15)18-9-4-7(12)2-3-8(9)17-10(18)16/h2-4,6H,5H2,1H3,(H2,16,17). The van der Waals surface area contributed by atoms with Crippen LogP contribution in [0.5, 0.6) is 0 Å². The van der Waals surface area contributed by atoms with Crippen molar-refractivity contribution in [2.45, 2.75) is 25.6 Å². The predicted molar refractivity (Wildman–Crippen MR) is 59.5 cm³/mol. The summed E-state index contributed by atoms with van der Waals surface area (Å²) in [5, 5.41) is 0. The zero-order chi connectivity index (χ0) is 13.5. The fraction of sp³-hybridized carbons (Fsp3) is 0.364. The SMILES string of the molecule is CC(CC(F)(F)F)n1c(N)nc2ccc(F)cc21. The van der Waals surface area contributed by atoms with Gasteiger partial charge in [0, 0.05) is 6.04 Å². The Kier molecular flexibility index (Phi) is 2.92. The summed E-state index contributed by atoms with van der Waals surface area (Å²) in [7, 11) is 0. The molecule has 2 rings (SSSR count). The molecule has 1 atom stereocenters. The van der Waals surface area contributed by atoms with E-state index in [9.17, 15) is 17.6 Å². The molecule has 0 aliphatic carbocycles. The van der Waals surface area contributed by atoms with Crippen LogP contribution in [0.3, 0.4) is 0 Å². The lowest BCUT2D eigenvalue weighted by Gasteiger charge is -2.17. The molecular formula is C11H11F4N3. The first-order chi connectivity index (χ1) is 8.28. The lowest BCUT2D eigenvalue weighted by atomic mass is 10.2. The van der Waals surface area contributed by atoms with Crippen molar-refractivity contribution in [2.75, 3.05) is 5.73 Å². The van der Waals surface area contributed by atoms with E-state index < -0.39 is 24.5 Å². The number of benzene rings is 1. The number of hydrogen-bond donors (Lipinski definition) is 1. The average molecular weight is 261 g/mol. The monoisotopic (exact) mass is 261 g/mol. The maximum absolute atomic E-state index is 13.1. The number of fused-ring (bicyclic) bond motifs is 1. The van der Waals surface area contributed by atoms with Crippen LogP contribution in [0, 0.1) is 5.82 Å². The normalized spacial score (nSPS) is 14.1. The number of halogens is 4. The van der Waals surface area contributed by atoms with E-state index in [0.717, 1.165) is 6.07 Å². The Morgan fingerprint density at radius 1 is 1.39 bits per heavy atom. The summed E-state index contributed by atoms with van der Waals surface area (Å²) in [6.45, 7) is 1.37. The minimum absolute atomic E-state index is 0.0487. The fourth-order valence-electron chi connectivity index (χ4n) is 1.97. The summed E-state index contributed by atoms with van der Waals surface area (Å²) in [4.78, 5) is 3.91. The van der Waals surface area contributed by atoms with Crippen molar-refractivity contribution in [1.82, 2.24) is 9.55 Å². The third-order valence-electron chi connectivity index (χ3n) is 2.65. The largest absolute Gasteiger partial charge is 0.391 e. The summed E-state index contributed by atoms with van der Waals surface area (Å²) in [5.41, 5.74) is 6.23. The topological polar surface area (TPSA) is 43.8 Å². The van der Waals surface area contributed by atoms with Gasteiger partial charge in [0.2, 0.25) is 5.95 Å². The highest BCUT2D eigenvalue weighted by atomic mass is 19.4. The Hall–Kier alpha value is -1.79. The van der Waals surface area contributed by atoms with E-state index in [1.165, 1.54) is 23.6 Å². The first-order valence-electron chi connectivity index (χ1n) is 5.27. The molecule has 1 aromatic heterocycles. The van der Waals surface area contributed by atoms with Gasteiger partial charge < -0.3 is 10.3 Å². The Bertz CT molecular complexity index is 573. The number of nitrogens with two attached hydrogens (primary N) is 1. The van der Waals surface area contributed by atoms with Crippen LogP contribution in [-0.4, -0.2) is 15.7 Å². The number of alkyl halides is 3. The lowest BCUT2D eigenvalue weighted by Crippen LogP contribution is -2.17. The van der Waals surface area contributed by atoms with Gasteiger partial charge in [0.25, 0.3) is 0 Å². The van der Waals surface area contributed by atoms with Crippen LogP contribution in [-0.2, 0) is 0 Å². The molecule has 0 aliphatic rings. The number of nitrogen functional groups attached to an aromatic ring is 1. The molecule has 0 saturated carbocycles. The molecule has 1 heterocycles. The highest BCUT2D eigenvalue weighted by molar-refractivity contribution is 5.78. The molecule has 0 amide bonds. The van der Waals surface area contributed by atoms with Crippen LogP contribution < -0.4 is 5.73 Å². The molecule has 3 nitrogen and oxygen atoms in total. The molecule has 0 radical (unpaired) electrons. The van der Waals surface area contributed by atoms with E-state index in [2.05, 4.69) is 4.98 Å². The van der Waals surface area contributed by atoms with Crippen LogP contribution >= 0.6 is 0 Å². The quantitative estimate of drug-likeness (QED) is 0.843. The van der Waals surface area contributed by atoms with E-state index in [1.54, 1.807) is 0 Å². The van der Waals surface area contributed by atoms with E-state index in [-0.39, 0.29) is 11.5 Å². The number of rotatable bonds is 2. The van der Waals surface area contributed by atoms with Gasteiger partial charge in [0.1, 0.15) is 5.82 Å². The summed E-state index contributed by atoms with van der Waals surface area (Å²) in [5.74, 6) is -0.588. The predicted octanol–water partition coefficient (Wildman–Crippen LogP) is 3.27. The van der Waals surface area contributed by atoms with Crippen LogP contribution in [0.25, 0.3) is 11.0 Å². The Labute approximate surface area is 100 Å². The average Bonchev–Trinajstić information content (AvgIpc) is 2.50. The molecule has 7 heteroatoms. The van der Waals surface area contributed by atoms with Gasteiger partial charge in [-0.1, -0.05) is 0 Å². The van der Waals surface area contributed by atoms with Gasteiger partial charge in [-0.3, -0.25) is 0 Å². The van der Waals surface area contributed by atoms with E-state index in [4.69, 9.17) is 5.73 Å². The number of nitrogens with zero attached hydrogens (tertiary/aromatic N) is 2. The summed E-state index contributed by atoms with van der Waals surface area (Å²) < 4.78 is 51.4. The maximum atomic E-state index is 13.1. The molecule has 98 valence electrons. The van der Waals surface area contributed by atoms with Crippen molar-refractivity contribution in [2.24, 2.45) is 0 Å². The van der Waals surface area contributed by atoms with Gasteiger partial charge in [-0.15, -0.1) is 0 Å². The second-order valence-corrected chi connectivity index (χ2v) is 4.14. The first kappa shape index (κ1) is 12.7. The molecule has 2 aromatic rings. The van der Waals surface area contributed by atoms with Crippen molar-refractivity contribution in [3.63, 3.8) is 0 Å². The van der Waals surface area contributed by atoms with Crippen LogP contribution in [0.1, 0.15) is 19.4 Å². The third kappa shape index (κ3) is 2.39. The smallest absolute Gasteiger partial charge is 0.369 e. The molecule has 1 unspecified atom stereocenters. The minimum Gasteiger partial charge on any atom is -0.369 e. The summed E-state index contributed by atoms with van der Waals surface area (Å²) in [6.07, 6.45) is -5.35. The molecule has 0 bridgehead atoms. The number of aromatic nitrogens is 2. The molecule has 2 N–H and O–H groups in total. The van der Waals surface area contributed by atoms with Crippen molar-refractivity contribution in [3.05, 3.63) is 24.0 Å². The molecule has 18 heavy (non-hydrogen) atoms. The van der Waals surface area contributed by atoms with Crippen LogP contribution in [0.2, 0.25) is 0 Å². The Morgan fingerprint density at radius 2 is 2.06 bits per heavy atom. The van der Waals surface area contributed by atoms with Crippen LogP contribution in [0.4, 0.5) is 23.5 Å². The zero-order valence-corrected chi connectivity index (χ0v) is 9.50. The number of hydrogen-bond acceptors (Lipinski definition) is 2. The highest BCUT2D eigenvalue weighted by Gasteiger charge is 2.31. The van der Waals surface area contributed by atoms with Crippen molar-refractivity contribution in [1.29, 1.82) is 0 Å². The van der Waals surface area contributed by atoms with Crippen LogP contribution in [0.15, 0.2) is 18.2 Å². The van der Waals surface area contributed by atoms with Gasteiger partial charge in [-0.05, 0) is 25.1 Å². The molecule has 0 saturated heterocycles. The van der Waals surface area contributed by atoms with E-state index in [0.29, 0.717) is 5.52 Å². The van der Waals surface area contributed by atoms with E-state index >= 15 is 0 Å². The van der Waals surface area contributed by atoms with Gasteiger partial charge in [0.05, 0.1) is 17.5 Å². The van der Waals surface area contributed by atoms with Gasteiger partial charge in [-0.2, -0.15) is 13.2 Å². The maximum Gasteiger partial charge on any atom is 0.391 e. The molecule has 0 aliphatic heterocycles. The van der Waals surface area contributed by atoms with Crippen molar-refractivity contribution < 1.29 is 17.6 Å². The summed E-state index contributed by atoms with van der Waals surface area (Å²) >= 11 is 0. The van der Waals surface area contributed by atoms with Gasteiger partial charge in [0.15, 0.2) is 0 Å². The molecular weight excluding hydrogens is 250 g/mol. The highest BCUT2D eigenvalue weighted by Crippen LogP contribution is 2.31. The molecule has 0 spiro atoms. The van der Waals surface area contributed by atoms with Gasteiger partial charge in [-0.25, -0.2) is 9.37 Å². The van der Waals surface area contributed by atoms with Crippen molar-refractivity contribution in [3.8, 4) is 0 Å². The molecule has 0 fully saturated rings.